The number of rotatable bonds is 5. The zero-order chi connectivity index (χ0) is 15.4. The van der Waals surface area contributed by atoms with Gasteiger partial charge in [-0.2, -0.15) is 0 Å². The fourth-order valence-corrected chi connectivity index (χ4v) is 3.84. The lowest BCUT2D eigenvalue weighted by Gasteiger charge is -2.31. The van der Waals surface area contributed by atoms with Gasteiger partial charge in [0.05, 0.1) is 0 Å². The molecule has 22 heavy (non-hydrogen) atoms. The van der Waals surface area contributed by atoms with E-state index < -0.39 is 7.05 Å². The van der Waals surface area contributed by atoms with Crippen LogP contribution < -0.4 is 15.4 Å². The number of allylic oxidation sites excluding steroid dienone is 1. The van der Waals surface area contributed by atoms with Gasteiger partial charge >= 0.3 is 7.05 Å². The Morgan fingerprint density at radius 2 is 1.86 bits per heavy atom. The van der Waals surface area contributed by atoms with Crippen molar-refractivity contribution in [1.82, 2.24) is 5.23 Å². The molecule has 4 heteroatoms. The third kappa shape index (κ3) is 3.56. The number of benzene rings is 1. The Balaban J connectivity index is 1.55. The number of nitrogens with one attached hydrogen (secondary N) is 1. The fraction of sp³-hybridized carbons (Fsp3) is 0.556. The predicted octanol–water partition coefficient (Wildman–Crippen LogP) is 2.64. The average Bonchev–Trinajstić information content (AvgIpc) is 2.96. The van der Waals surface area contributed by atoms with E-state index in [0.29, 0.717) is 12.0 Å². The lowest BCUT2D eigenvalue weighted by atomic mass is 9.74. The van der Waals surface area contributed by atoms with Crippen molar-refractivity contribution in [2.45, 2.75) is 44.9 Å². The van der Waals surface area contributed by atoms with Gasteiger partial charge in [0, 0.05) is 0 Å². The van der Waals surface area contributed by atoms with Gasteiger partial charge in [-0.1, -0.05) is 37.5 Å². The van der Waals surface area contributed by atoms with Crippen molar-refractivity contribution in [2.24, 2.45) is 5.41 Å². The molecule has 0 heterocycles. The first-order valence-electron chi connectivity index (χ1n) is 8.49. The average molecular weight is 299 g/mol. The molecular formula is C18H26BNO2. The van der Waals surface area contributed by atoms with Gasteiger partial charge in [0.15, 0.2) is 0 Å². The van der Waals surface area contributed by atoms with Crippen LogP contribution in [0.25, 0.3) is 0 Å². The van der Waals surface area contributed by atoms with E-state index in [4.69, 9.17) is 4.74 Å². The topological polar surface area (TPSA) is 41.5 Å². The molecule has 0 radical (unpaired) electrons. The molecule has 0 bridgehead atoms. The van der Waals surface area contributed by atoms with E-state index in [2.05, 4.69) is 11.3 Å². The van der Waals surface area contributed by atoms with E-state index in [1.54, 1.807) is 7.05 Å². The molecule has 1 aromatic carbocycles. The quantitative estimate of drug-likeness (QED) is 0.649. The molecule has 3 rings (SSSR count). The predicted molar refractivity (Wildman–Crippen MR) is 91.4 cm³/mol. The molecule has 0 amide bonds. The van der Waals surface area contributed by atoms with Crippen LogP contribution in [0.3, 0.4) is 0 Å². The maximum Gasteiger partial charge on any atom is 0.412 e. The Labute approximate surface area is 133 Å². The second-order valence-electron chi connectivity index (χ2n) is 6.77. The molecular weight excluding hydrogens is 273 g/mol. The second kappa shape index (κ2) is 6.88. The maximum absolute atomic E-state index is 9.70. The molecule has 0 aromatic heterocycles. The van der Waals surface area contributed by atoms with Gasteiger partial charge in [-0.05, 0) is 61.3 Å². The lowest BCUT2D eigenvalue weighted by molar-refractivity contribution is 0.254. The molecule has 0 atom stereocenters. The summed E-state index contributed by atoms with van der Waals surface area (Å²) in [5, 5.41) is 12.5. The summed E-state index contributed by atoms with van der Waals surface area (Å²) in [6.07, 6.45) is 12.0. The summed E-state index contributed by atoms with van der Waals surface area (Å²) in [6.45, 7) is 0.704. The SMILES string of the molecule is CNB(O)c1ccc(OCC2=CC3(CCCCC3)CC2)cc1. The molecule has 118 valence electrons. The third-order valence-electron chi connectivity index (χ3n) is 5.20. The molecule has 2 N–H and O–H groups in total. The molecule has 1 aromatic rings. The second-order valence-corrected chi connectivity index (χ2v) is 6.77. The van der Waals surface area contributed by atoms with Gasteiger partial charge in [-0.15, -0.1) is 0 Å². The summed E-state index contributed by atoms with van der Waals surface area (Å²) in [4.78, 5) is 0. The van der Waals surface area contributed by atoms with Crippen LogP contribution in [0, 0.1) is 5.41 Å². The van der Waals surface area contributed by atoms with Gasteiger partial charge in [0.1, 0.15) is 12.4 Å². The first-order valence-corrected chi connectivity index (χ1v) is 8.49. The minimum Gasteiger partial charge on any atom is -0.489 e. The zero-order valence-electron chi connectivity index (χ0n) is 13.5. The van der Waals surface area contributed by atoms with Crippen LogP contribution in [-0.2, 0) is 0 Å². The number of hydrogen-bond acceptors (Lipinski definition) is 3. The minimum absolute atomic E-state index is 0.498. The normalized spacial score (nSPS) is 20.0. The van der Waals surface area contributed by atoms with Crippen LogP contribution in [-0.4, -0.2) is 25.7 Å². The molecule has 0 aliphatic heterocycles. The Kier molecular flexibility index (Phi) is 4.89. The van der Waals surface area contributed by atoms with E-state index in [-0.39, 0.29) is 0 Å². The highest BCUT2D eigenvalue weighted by Gasteiger charge is 2.34. The van der Waals surface area contributed by atoms with E-state index in [1.165, 1.54) is 50.5 Å². The smallest absolute Gasteiger partial charge is 0.412 e. The Bertz CT molecular complexity index is 520. The highest BCUT2D eigenvalue weighted by atomic mass is 16.5. The van der Waals surface area contributed by atoms with Crippen molar-refractivity contribution < 1.29 is 9.76 Å². The van der Waals surface area contributed by atoms with Crippen LogP contribution >= 0.6 is 0 Å². The summed E-state index contributed by atoms with van der Waals surface area (Å²) in [6, 6.07) is 7.67. The first kappa shape index (κ1) is 15.6. The summed E-state index contributed by atoms with van der Waals surface area (Å²) in [7, 11) is 1.13. The monoisotopic (exact) mass is 299 g/mol. The fourth-order valence-electron chi connectivity index (χ4n) is 3.84. The van der Waals surface area contributed by atoms with E-state index in [9.17, 15) is 5.02 Å². The molecule has 1 spiro atoms. The molecule has 0 unspecified atom stereocenters. The lowest BCUT2D eigenvalue weighted by Crippen LogP contribution is -2.42. The van der Waals surface area contributed by atoms with Gasteiger partial charge in [-0.25, -0.2) is 0 Å². The van der Waals surface area contributed by atoms with E-state index in [0.717, 1.165) is 11.2 Å². The molecule has 2 aliphatic rings. The van der Waals surface area contributed by atoms with Gasteiger partial charge in [-0.3, -0.25) is 0 Å². The Morgan fingerprint density at radius 3 is 2.55 bits per heavy atom. The van der Waals surface area contributed by atoms with Crippen LogP contribution in [0.4, 0.5) is 0 Å². The van der Waals surface area contributed by atoms with Gasteiger partial charge in [0.25, 0.3) is 0 Å². The van der Waals surface area contributed by atoms with Gasteiger partial charge < -0.3 is 15.0 Å². The first-order chi connectivity index (χ1) is 10.7. The maximum atomic E-state index is 9.70. The number of hydrogen-bond donors (Lipinski definition) is 2. The molecule has 0 saturated heterocycles. The zero-order valence-corrected chi connectivity index (χ0v) is 13.5. The largest absolute Gasteiger partial charge is 0.489 e. The summed E-state index contributed by atoms with van der Waals surface area (Å²) >= 11 is 0. The number of ether oxygens (including phenoxy) is 1. The van der Waals surface area contributed by atoms with Crippen molar-refractivity contribution in [3.8, 4) is 5.75 Å². The standard InChI is InChI=1S/C18H26BNO2/c1-20-19(21)16-5-7-17(8-6-16)22-14-15-9-12-18(13-15)10-3-2-4-11-18/h5-8,13,20-21H,2-4,9-12,14H2,1H3. The highest BCUT2D eigenvalue weighted by molar-refractivity contribution is 6.63. The molecule has 3 nitrogen and oxygen atoms in total. The van der Waals surface area contributed by atoms with E-state index in [1.807, 2.05) is 24.3 Å². The van der Waals surface area contributed by atoms with Crippen LogP contribution in [0.15, 0.2) is 35.9 Å². The summed E-state index contributed by atoms with van der Waals surface area (Å²) in [5.74, 6) is 0.873. The van der Waals surface area contributed by atoms with Crippen molar-refractivity contribution in [3.63, 3.8) is 0 Å². The summed E-state index contributed by atoms with van der Waals surface area (Å²) < 4.78 is 5.92. The molecule has 1 fully saturated rings. The van der Waals surface area contributed by atoms with Crippen molar-refractivity contribution in [1.29, 1.82) is 0 Å². The summed E-state index contributed by atoms with van der Waals surface area (Å²) in [5.41, 5.74) is 2.81. The van der Waals surface area contributed by atoms with Crippen LogP contribution in [0.2, 0.25) is 0 Å². The van der Waals surface area contributed by atoms with Gasteiger partial charge in [0.2, 0.25) is 0 Å². The molecule has 2 aliphatic carbocycles. The Morgan fingerprint density at radius 1 is 1.14 bits per heavy atom. The van der Waals surface area contributed by atoms with Crippen molar-refractivity contribution in [3.05, 3.63) is 35.9 Å². The van der Waals surface area contributed by atoms with Crippen LogP contribution in [0.5, 0.6) is 5.75 Å². The van der Waals surface area contributed by atoms with E-state index >= 15 is 0 Å². The van der Waals surface area contributed by atoms with Crippen molar-refractivity contribution in [2.75, 3.05) is 13.7 Å². The third-order valence-corrected chi connectivity index (χ3v) is 5.20. The Hall–Kier alpha value is -1.26. The highest BCUT2D eigenvalue weighted by Crippen LogP contribution is 2.47. The van der Waals surface area contributed by atoms with Crippen molar-refractivity contribution >= 4 is 12.5 Å². The minimum atomic E-state index is -0.613. The van der Waals surface area contributed by atoms with Crippen LogP contribution in [0.1, 0.15) is 44.9 Å². The molecule has 1 saturated carbocycles.